The van der Waals surface area contributed by atoms with E-state index in [1.165, 1.54) is 10.5 Å². The zero-order valence-corrected chi connectivity index (χ0v) is 9.88. The molecule has 1 N–H and O–H groups in total. The average molecular weight is 248 g/mol. The Balaban J connectivity index is 2.27. The Morgan fingerprint density at radius 1 is 1.67 bits per heavy atom. The summed E-state index contributed by atoms with van der Waals surface area (Å²) < 4.78 is 25.5. The molecule has 0 amide bonds. The summed E-state index contributed by atoms with van der Waals surface area (Å²) in [4.78, 5) is 3.92. The third-order valence-electron chi connectivity index (χ3n) is 2.32. The second-order valence-electron chi connectivity index (χ2n) is 3.50. The van der Waals surface area contributed by atoms with Gasteiger partial charge in [0.15, 0.2) is 4.21 Å². The van der Waals surface area contributed by atoms with Crippen molar-refractivity contribution in [3.05, 3.63) is 11.2 Å². The number of aliphatic hydroxyl groups is 1. The molecule has 1 saturated heterocycles. The number of aryl methyl sites for hydroxylation is 1. The van der Waals surface area contributed by atoms with Crippen LogP contribution in [0.3, 0.4) is 0 Å². The van der Waals surface area contributed by atoms with Gasteiger partial charge < -0.3 is 5.11 Å². The Kier molecular flexibility index (Phi) is 2.80. The second kappa shape index (κ2) is 3.82. The van der Waals surface area contributed by atoms with Gasteiger partial charge in [0.25, 0.3) is 10.0 Å². The van der Waals surface area contributed by atoms with Crippen LogP contribution >= 0.6 is 11.3 Å². The first kappa shape index (κ1) is 11.0. The Hall–Kier alpha value is -0.500. The van der Waals surface area contributed by atoms with Crippen LogP contribution in [0.1, 0.15) is 11.4 Å². The largest absolute Gasteiger partial charge is 0.392 e. The van der Waals surface area contributed by atoms with E-state index in [1.807, 2.05) is 0 Å². The van der Waals surface area contributed by atoms with Crippen LogP contribution in [0.4, 0.5) is 0 Å². The number of β-amino-alcohol motifs (C(OH)–C–C–N with tert-alkyl or cyclic N) is 1. The Labute approximate surface area is 92.4 Å². The van der Waals surface area contributed by atoms with Crippen LogP contribution in [-0.2, 0) is 10.0 Å². The fraction of sp³-hybridized carbons (Fsp3) is 0.625. The molecule has 0 aliphatic carbocycles. The van der Waals surface area contributed by atoms with Gasteiger partial charge in [-0.2, -0.15) is 4.31 Å². The second-order valence-corrected chi connectivity index (χ2v) is 6.90. The molecule has 0 spiro atoms. The molecule has 0 bridgehead atoms. The van der Waals surface area contributed by atoms with Crippen molar-refractivity contribution in [2.75, 3.05) is 13.1 Å². The van der Waals surface area contributed by atoms with E-state index < -0.39 is 16.1 Å². The molecule has 1 aliphatic rings. The van der Waals surface area contributed by atoms with Gasteiger partial charge in [-0.25, -0.2) is 13.4 Å². The lowest BCUT2D eigenvalue weighted by atomic mass is 10.3. The van der Waals surface area contributed by atoms with Crippen LogP contribution in [0.2, 0.25) is 0 Å². The average Bonchev–Trinajstić information content (AvgIpc) is 2.74. The van der Waals surface area contributed by atoms with Crippen LogP contribution in [0, 0.1) is 6.92 Å². The SMILES string of the molecule is Cc1ncc(S(=O)(=O)N2CC[C@H](O)C2)s1. The van der Waals surface area contributed by atoms with E-state index in [-0.39, 0.29) is 10.8 Å². The Morgan fingerprint density at radius 2 is 2.40 bits per heavy atom. The molecule has 1 aromatic heterocycles. The molecular weight excluding hydrogens is 236 g/mol. The van der Waals surface area contributed by atoms with E-state index in [2.05, 4.69) is 4.98 Å². The summed E-state index contributed by atoms with van der Waals surface area (Å²) in [7, 11) is -3.42. The van der Waals surface area contributed by atoms with E-state index in [0.717, 1.165) is 16.3 Å². The van der Waals surface area contributed by atoms with Gasteiger partial charge in [-0.1, -0.05) is 0 Å². The van der Waals surface area contributed by atoms with Gasteiger partial charge in [-0.05, 0) is 13.3 Å². The lowest BCUT2D eigenvalue weighted by Crippen LogP contribution is -2.29. The minimum Gasteiger partial charge on any atom is -0.392 e. The normalized spacial score (nSPS) is 23.5. The van der Waals surface area contributed by atoms with Gasteiger partial charge in [0.05, 0.1) is 17.3 Å². The van der Waals surface area contributed by atoms with Gasteiger partial charge in [0, 0.05) is 13.1 Å². The summed E-state index contributed by atoms with van der Waals surface area (Å²) in [5.74, 6) is 0. The smallest absolute Gasteiger partial charge is 0.254 e. The minimum absolute atomic E-state index is 0.194. The van der Waals surface area contributed by atoms with E-state index in [4.69, 9.17) is 0 Å². The maximum absolute atomic E-state index is 12.0. The molecule has 0 saturated carbocycles. The zero-order valence-electron chi connectivity index (χ0n) is 8.25. The quantitative estimate of drug-likeness (QED) is 0.812. The first-order valence-electron chi connectivity index (χ1n) is 4.61. The minimum atomic E-state index is -3.42. The van der Waals surface area contributed by atoms with Crippen molar-refractivity contribution in [3.8, 4) is 0 Å². The fourth-order valence-corrected chi connectivity index (χ4v) is 4.27. The molecule has 5 nitrogen and oxygen atoms in total. The highest BCUT2D eigenvalue weighted by molar-refractivity contribution is 7.91. The number of nitrogens with zero attached hydrogens (tertiary/aromatic N) is 2. The number of rotatable bonds is 2. The summed E-state index contributed by atoms with van der Waals surface area (Å²) in [5.41, 5.74) is 0. The maximum atomic E-state index is 12.0. The van der Waals surface area contributed by atoms with E-state index in [0.29, 0.717) is 13.0 Å². The summed E-state index contributed by atoms with van der Waals surface area (Å²) in [5, 5.41) is 10.0. The standard InChI is InChI=1S/C8H12N2O3S2/c1-6-9-4-8(14-6)15(12,13)10-3-2-7(11)5-10/h4,7,11H,2-3,5H2,1H3/t7-/m0/s1. The molecule has 0 radical (unpaired) electrons. The molecular formula is C8H12N2O3S2. The molecule has 0 aromatic carbocycles. The van der Waals surface area contributed by atoms with Gasteiger partial charge in [-0.15, -0.1) is 11.3 Å². The predicted molar refractivity (Wildman–Crippen MR) is 56.2 cm³/mol. The monoisotopic (exact) mass is 248 g/mol. The van der Waals surface area contributed by atoms with Gasteiger partial charge in [-0.3, -0.25) is 0 Å². The molecule has 1 aromatic rings. The Bertz CT molecular complexity index is 454. The molecule has 0 unspecified atom stereocenters. The zero-order chi connectivity index (χ0) is 11.1. The van der Waals surface area contributed by atoms with Crippen LogP contribution < -0.4 is 0 Å². The van der Waals surface area contributed by atoms with Gasteiger partial charge in [0.1, 0.15) is 0 Å². The van der Waals surface area contributed by atoms with Crippen LogP contribution in [0.5, 0.6) is 0 Å². The van der Waals surface area contributed by atoms with E-state index in [1.54, 1.807) is 6.92 Å². The van der Waals surface area contributed by atoms with Crippen molar-refractivity contribution in [2.24, 2.45) is 0 Å². The summed E-state index contributed by atoms with van der Waals surface area (Å²) in [6.07, 6.45) is 1.35. The highest BCUT2D eigenvalue weighted by Crippen LogP contribution is 2.25. The first-order valence-corrected chi connectivity index (χ1v) is 6.86. The van der Waals surface area contributed by atoms with Crippen molar-refractivity contribution in [2.45, 2.75) is 23.7 Å². The highest BCUT2D eigenvalue weighted by atomic mass is 32.2. The van der Waals surface area contributed by atoms with Crippen molar-refractivity contribution in [1.82, 2.24) is 9.29 Å². The molecule has 2 heterocycles. The third-order valence-corrected chi connectivity index (χ3v) is 5.53. The number of sulfonamides is 1. The van der Waals surface area contributed by atoms with Crippen LogP contribution in [-0.4, -0.2) is 42.0 Å². The maximum Gasteiger partial charge on any atom is 0.254 e. The topological polar surface area (TPSA) is 70.5 Å². The fourth-order valence-electron chi connectivity index (χ4n) is 1.52. The predicted octanol–water partition coefficient (Wildman–Crippen LogP) is 0.207. The van der Waals surface area contributed by atoms with E-state index >= 15 is 0 Å². The third kappa shape index (κ3) is 2.05. The summed E-state index contributed by atoms with van der Waals surface area (Å²) >= 11 is 1.16. The molecule has 7 heteroatoms. The summed E-state index contributed by atoms with van der Waals surface area (Å²) in [6, 6.07) is 0. The number of thiazole rings is 1. The Morgan fingerprint density at radius 3 is 2.87 bits per heavy atom. The van der Waals surface area contributed by atoms with Crippen molar-refractivity contribution >= 4 is 21.4 Å². The first-order chi connectivity index (χ1) is 7.00. The molecule has 1 fully saturated rings. The van der Waals surface area contributed by atoms with Crippen molar-refractivity contribution in [1.29, 1.82) is 0 Å². The number of aliphatic hydroxyl groups excluding tert-OH is 1. The van der Waals surface area contributed by atoms with Gasteiger partial charge in [0.2, 0.25) is 0 Å². The van der Waals surface area contributed by atoms with Crippen LogP contribution in [0.25, 0.3) is 0 Å². The number of hydrogen-bond donors (Lipinski definition) is 1. The van der Waals surface area contributed by atoms with Crippen molar-refractivity contribution in [3.63, 3.8) is 0 Å². The van der Waals surface area contributed by atoms with Crippen LogP contribution in [0.15, 0.2) is 10.4 Å². The number of aromatic nitrogens is 1. The lowest BCUT2D eigenvalue weighted by Gasteiger charge is -2.13. The molecule has 1 atom stereocenters. The highest BCUT2D eigenvalue weighted by Gasteiger charge is 2.32. The molecule has 15 heavy (non-hydrogen) atoms. The molecule has 1 aliphatic heterocycles. The summed E-state index contributed by atoms with van der Waals surface area (Å²) in [6.45, 7) is 2.35. The number of hydrogen-bond acceptors (Lipinski definition) is 5. The van der Waals surface area contributed by atoms with Crippen molar-refractivity contribution < 1.29 is 13.5 Å². The van der Waals surface area contributed by atoms with E-state index in [9.17, 15) is 13.5 Å². The molecule has 2 rings (SSSR count). The lowest BCUT2D eigenvalue weighted by molar-refractivity contribution is 0.189. The van der Waals surface area contributed by atoms with Gasteiger partial charge >= 0.3 is 0 Å². The molecule has 84 valence electrons.